The van der Waals surface area contributed by atoms with Crippen LogP contribution in [0.2, 0.25) is 0 Å². The third-order valence-corrected chi connectivity index (χ3v) is 2.82. The van der Waals surface area contributed by atoms with Crippen LogP contribution in [0.4, 0.5) is 0 Å². The van der Waals surface area contributed by atoms with Crippen LogP contribution in [0, 0.1) is 0 Å². The molecule has 0 spiro atoms. The van der Waals surface area contributed by atoms with Gasteiger partial charge < -0.3 is 15.5 Å². The minimum Gasteiger partial charge on any atom is -0.394 e. The van der Waals surface area contributed by atoms with Crippen molar-refractivity contribution in [1.82, 2.24) is 5.32 Å². The molecule has 0 aliphatic carbocycles. The van der Waals surface area contributed by atoms with E-state index in [2.05, 4.69) is 10.3 Å². The number of aliphatic imine (C=N–C) groups is 1. The first kappa shape index (κ1) is 11.5. The van der Waals surface area contributed by atoms with Crippen molar-refractivity contribution in [1.29, 1.82) is 0 Å². The van der Waals surface area contributed by atoms with Crippen LogP contribution in [0.25, 0.3) is 0 Å². The molecule has 0 aromatic heterocycles. The highest BCUT2D eigenvalue weighted by molar-refractivity contribution is 5.83. The van der Waals surface area contributed by atoms with E-state index in [-0.39, 0.29) is 13.2 Å². The molecule has 0 amide bonds. The van der Waals surface area contributed by atoms with Crippen molar-refractivity contribution >= 4 is 5.84 Å². The highest BCUT2D eigenvalue weighted by Gasteiger charge is 2.27. The second-order valence-corrected chi connectivity index (χ2v) is 3.86. The van der Waals surface area contributed by atoms with Gasteiger partial charge in [-0.1, -0.05) is 6.92 Å². The van der Waals surface area contributed by atoms with Crippen LogP contribution in [0.1, 0.15) is 32.6 Å². The van der Waals surface area contributed by atoms with Gasteiger partial charge in [0.1, 0.15) is 0 Å². The molecule has 4 nitrogen and oxygen atoms in total. The Morgan fingerprint density at radius 1 is 1.36 bits per heavy atom. The third kappa shape index (κ3) is 2.69. The Morgan fingerprint density at radius 3 is 2.50 bits per heavy atom. The molecule has 0 saturated heterocycles. The van der Waals surface area contributed by atoms with Crippen LogP contribution in [0.5, 0.6) is 0 Å². The molecule has 0 radical (unpaired) electrons. The minimum absolute atomic E-state index is 0.0565. The lowest BCUT2D eigenvalue weighted by Crippen LogP contribution is -2.54. The molecular weight excluding hydrogens is 180 g/mol. The van der Waals surface area contributed by atoms with E-state index in [9.17, 15) is 10.2 Å². The maximum atomic E-state index is 9.23. The summed E-state index contributed by atoms with van der Waals surface area (Å²) in [7, 11) is 0. The van der Waals surface area contributed by atoms with Gasteiger partial charge in [0, 0.05) is 13.0 Å². The Hall–Kier alpha value is -0.610. The first-order valence-corrected chi connectivity index (χ1v) is 5.29. The molecule has 1 rings (SSSR count). The smallest absolute Gasteiger partial charge is 0.0968 e. The van der Waals surface area contributed by atoms with Gasteiger partial charge in [-0.15, -0.1) is 0 Å². The lowest BCUT2D eigenvalue weighted by molar-refractivity contribution is 0.102. The number of hydrogen-bond acceptors (Lipinski definition) is 4. The Bertz CT molecular complexity index is 192. The third-order valence-electron chi connectivity index (χ3n) is 2.82. The molecule has 0 unspecified atom stereocenters. The molecule has 4 heteroatoms. The Balaban J connectivity index is 2.57. The summed E-state index contributed by atoms with van der Waals surface area (Å²) < 4.78 is 0. The van der Waals surface area contributed by atoms with E-state index < -0.39 is 5.54 Å². The maximum Gasteiger partial charge on any atom is 0.0968 e. The molecular formula is C10H20N2O2. The van der Waals surface area contributed by atoms with E-state index in [4.69, 9.17) is 0 Å². The van der Waals surface area contributed by atoms with Gasteiger partial charge >= 0.3 is 0 Å². The predicted molar refractivity (Wildman–Crippen MR) is 56.5 cm³/mol. The van der Waals surface area contributed by atoms with Crippen LogP contribution in [0.15, 0.2) is 4.99 Å². The molecule has 0 bridgehead atoms. The van der Waals surface area contributed by atoms with Crippen molar-refractivity contribution in [2.45, 2.75) is 38.1 Å². The van der Waals surface area contributed by atoms with Crippen molar-refractivity contribution in [2.75, 3.05) is 19.8 Å². The standard InChI is InChI=1S/C10H20N2O2/c1-2-10(7-13,8-14)12-9-5-3-4-6-11-9/h13-14H,2-8H2,1H3,(H,11,12). The van der Waals surface area contributed by atoms with E-state index >= 15 is 0 Å². The lowest BCUT2D eigenvalue weighted by atomic mass is 9.97. The fourth-order valence-corrected chi connectivity index (χ4v) is 1.55. The zero-order valence-corrected chi connectivity index (χ0v) is 8.79. The van der Waals surface area contributed by atoms with Gasteiger partial charge in [0.25, 0.3) is 0 Å². The summed E-state index contributed by atoms with van der Waals surface area (Å²) in [6.07, 6.45) is 3.91. The largest absolute Gasteiger partial charge is 0.394 e. The van der Waals surface area contributed by atoms with Gasteiger partial charge in [0.15, 0.2) is 0 Å². The summed E-state index contributed by atoms with van der Waals surface area (Å²) >= 11 is 0. The predicted octanol–water partition coefficient (Wildman–Crippen LogP) is 0.292. The number of aliphatic hydroxyl groups excluding tert-OH is 2. The highest BCUT2D eigenvalue weighted by Crippen LogP contribution is 2.12. The number of aliphatic hydroxyl groups is 2. The molecule has 3 N–H and O–H groups in total. The van der Waals surface area contributed by atoms with Gasteiger partial charge in [-0.2, -0.15) is 0 Å². The van der Waals surface area contributed by atoms with Crippen molar-refractivity contribution in [2.24, 2.45) is 4.99 Å². The Morgan fingerprint density at radius 2 is 2.07 bits per heavy atom. The normalized spacial score (nSPS) is 17.8. The van der Waals surface area contributed by atoms with E-state index in [1.807, 2.05) is 6.92 Å². The molecule has 1 heterocycles. The Labute approximate surface area is 85.1 Å². The summed E-state index contributed by atoms with van der Waals surface area (Å²) in [5, 5.41) is 21.6. The maximum absolute atomic E-state index is 9.23. The van der Waals surface area contributed by atoms with E-state index in [1.165, 1.54) is 0 Å². The average molecular weight is 200 g/mol. The fourth-order valence-electron chi connectivity index (χ4n) is 1.55. The van der Waals surface area contributed by atoms with E-state index in [0.717, 1.165) is 31.6 Å². The first-order valence-electron chi connectivity index (χ1n) is 5.29. The van der Waals surface area contributed by atoms with E-state index in [0.29, 0.717) is 6.42 Å². The first-order chi connectivity index (χ1) is 6.76. The molecule has 14 heavy (non-hydrogen) atoms. The number of nitrogens with one attached hydrogen (secondary N) is 1. The zero-order chi connectivity index (χ0) is 10.4. The molecule has 0 saturated carbocycles. The highest BCUT2D eigenvalue weighted by atomic mass is 16.3. The molecule has 82 valence electrons. The zero-order valence-electron chi connectivity index (χ0n) is 8.79. The monoisotopic (exact) mass is 200 g/mol. The molecule has 0 atom stereocenters. The SMILES string of the molecule is CCC(CO)(CO)NC1=NCCCC1. The summed E-state index contributed by atoms with van der Waals surface area (Å²) in [5.41, 5.74) is -0.587. The van der Waals surface area contributed by atoms with Gasteiger partial charge in [0.05, 0.1) is 24.6 Å². The van der Waals surface area contributed by atoms with Crippen molar-refractivity contribution < 1.29 is 10.2 Å². The van der Waals surface area contributed by atoms with Gasteiger partial charge in [0.2, 0.25) is 0 Å². The molecule has 0 fully saturated rings. The van der Waals surface area contributed by atoms with Crippen molar-refractivity contribution in [3.63, 3.8) is 0 Å². The van der Waals surface area contributed by atoms with Gasteiger partial charge in [-0.05, 0) is 19.3 Å². The van der Waals surface area contributed by atoms with Crippen LogP contribution in [0.3, 0.4) is 0 Å². The van der Waals surface area contributed by atoms with Crippen LogP contribution >= 0.6 is 0 Å². The second kappa shape index (κ2) is 5.32. The van der Waals surface area contributed by atoms with Crippen LogP contribution in [-0.2, 0) is 0 Å². The topological polar surface area (TPSA) is 64.8 Å². The molecule has 1 aliphatic heterocycles. The molecule has 0 aromatic rings. The number of rotatable bonds is 4. The van der Waals surface area contributed by atoms with Crippen molar-refractivity contribution in [3.05, 3.63) is 0 Å². The van der Waals surface area contributed by atoms with Gasteiger partial charge in [-0.25, -0.2) is 0 Å². The summed E-state index contributed by atoms with van der Waals surface area (Å²) in [6.45, 7) is 2.69. The molecule has 1 aliphatic rings. The minimum atomic E-state index is -0.587. The molecule has 0 aromatic carbocycles. The summed E-state index contributed by atoms with van der Waals surface area (Å²) in [6, 6.07) is 0. The number of amidine groups is 1. The van der Waals surface area contributed by atoms with E-state index in [1.54, 1.807) is 0 Å². The van der Waals surface area contributed by atoms with Crippen LogP contribution < -0.4 is 5.32 Å². The average Bonchev–Trinajstić information content (AvgIpc) is 2.28. The quantitative estimate of drug-likeness (QED) is 0.611. The second-order valence-electron chi connectivity index (χ2n) is 3.86. The summed E-state index contributed by atoms with van der Waals surface area (Å²) in [4.78, 5) is 4.34. The van der Waals surface area contributed by atoms with Crippen molar-refractivity contribution in [3.8, 4) is 0 Å². The fraction of sp³-hybridized carbons (Fsp3) is 0.900. The number of nitrogens with zero attached hydrogens (tertiary/aromatic N) is 1. The van der Waals surface area contributed by atoms with Gasteiger partial charge in [-0.3, -0.25) is 4.99 Å². The number of hydrogen-bond donors (Lipinski definition) is 3. The van der Waals surface area contributed by atoms with Crippen LogP contribution in [-0.4, -0.2) is 41.3 Å². The lowest BCUT2D eigenvalue weighted by Gasteiger charge is -2.32. The summed E-state index contributed by atoms with van der Waals surface area (Å²) in [5.74, 6) is 0.932. The Kier molecular flexibility index (Phi) is 4.35.